The van der Waals surface area contributed by atoms with Crippen LogP contribution in [0.2, 0.25) is 0 Å². The average molecular weight is 712 g/mol. The van der Waals surface area contributed by atoms with Gasteiger partial charge >= 0.3 is 0 Å². The molecule has 5 aromatic heterocycles. The van der Waals surface area contributed by atoms with Gasteiger partial charge in [0.15, 0.2) is 24.1 Å². The van der Waals surface area contributed by atoms with Gasteiger partial charge in [0.25, 0.3) is 0 Å². The number of furan rings is 1. The van der Waals surface area contributed by atoms with Gasteiger partial charge in [-0.05, 0) is 96.1 Å². The molecule has 0 aliphatic carbocycles. The minimum Gasteiger partial charge on any atom is -0.456 e. The first-order valence-corrected chi connectivity index (χ1v) is 19.7. The summed E-state index contributed by atoms with van der Waals surface area (Å²) in [7, 11) is 0. The van der Waals surface area contributed by atoms with E-state index in [-0.39, 0.29) is 11.5 Å². The number of benzene rings is 5. The summed E-state index contributed by atoms with van der Waals surface area (Å²) in [5, 5.41) is 7.45. The molecule has 0 bridgehead atoms. The van der Waals surface area contributed by atoms with Gasteiger partial charge in [-0.2, -0.15) is 9.13 Å². The first-order chi connectivity index (χ1) is 26.8. The standard InChI is InChI=1S/C51H41N3O/c1-30-25-44-35(33-13-5-6-14-34(33)41-16-10-12-24-53(41)44)21-19-31-26-45-38(28-37(31)42-17-9-11-23-52(30)42)39-29-47-48(40-27-32(51(2,3)4)20-22-46(40)55-47)49-36-15-7-8-18-43(36)54(45)50(39)49/h5-18,20,22-24,26-29,35,44H,1,19,21,25H2,2-4H3/q+2. The summed E-state index contributed by atoms with van der Waals surface area (Å²) >= 11 is 0. The van der Waals surface area contributed by atoms with E-state index in [0.29, 0.717) is 5.92 Å². The molecule has 7 heterocycles. The van der Waals surface area contributed by atoms with Crippen LogP contribution in [0.5, 0.6) is 0 Å². The predicted molar refractivity (Wildman–Crippen MR) is 225 cm³/mol. The average Bonchev–Trinajstić information content (AvgIpc) is 3.85. The number of aryl methyl sites for hydroxylation is 1. The molecule has 4 heteroatoms. The molecule has 55 heavy (non-hydrogen) atoms. The molecule has 2 aliphatic heterocycles. The molecular weight excluding hydrogens is 671 g/mol. The van der Waals surface area contributed by atoms with Crippen molar-refractivity contribution in [1.29, 1.82) is 0 Å². The SMILES string of the molecule is C=C1CC2C(CCc3cc4c(cc3-c3cccc[n+]31)c1cc3oc5ccc(C(C)(C)C)cc5c3c3c5ccccc5n4c13)c1ccccc1-c1cccc[n+]12. The molecule has 10 aromatic rings. The maximum Gasteiger partial charge on any atom is 0.218 e. The van der Waals surface area contributed by atoms with Crippen molar-refractivity contribution in [2.75, 3.05) is 0 Å². The number of aromatic nitrogens is 3. The highest BCUT2D eigenvalue weighted by Gasteiger charge is 2.42. The molecule has 0 amide bonds. The quantitative estimate of drug-likeness (QED) is 0.144. The molecule has 0 spiro atoms. The van der Waals surface area contributed by atoms with E-state index in [2.05, 4.69) is 168 Å². The molecule has 4 nitrogen and oxygen atoms in total. The number of pyridine rings is 2. The van der Waals surface area contributed by atoms with E-state index in [9.17, 15) is 0 Å². The number of nitrogens with zero attached hydrogens (tertiary/aromatic N) is 3. The number of hydrogen-bond acceptors (Lipinski definition) is 1. The summed E-state index contributed by atoms with van der Waals surface area (Å²) in [6.45, 7) is 11.6. The lowest BCUT2D eigenvalue weighted by atomic mass is 9.77. The van der Waals surface area contributed by atoms with Crippen molar-refractivity contribution < 1.29 is 13.6 Å². The van der Waals surface area contributed by atoms with Gasteiger partial charge in [0.2, 0.25) is 11.4 Å². The second-order valence-electron chi connectivity index (χ2n) is 17.0. The van der Waals surface area contributed by atoms with Gasteiger partial charge < -0.3 is 8.82 Å². The molecule has 0 saturated carbocycles. The molecule has 264 valence electrons. The summed E-state index contributed by atoms with van der Waals surface area (Å²) < 4.78 is 14.2. The molecule has 2 atom stereocenters. The summed E-state index contributed by atoms with van der Waals surface area (Å²) in [6.07, 6.45) is 7.35. The van der Waals surface area contributed by atoms with E-state index >= 15 is 0 Å². The molecule has 12 rings (SSSR count). The van der Waals surface area contributed by atoms with Crippen molar-refractivity contribution in [3.63, 3.8) is 0 Å². The van der Waals surface area contributed by atoms with Gasteiger partial charge in [0.1, 0.15) is 11.2 Å². The van der Waals surface area contributed by atoms with E-state index in [0.717, 1.165) is 36.1 Å². The lowest BCUT2D eigenvalue weighted by Gasteiger charge is -2.31. The highest BCUT2D eigenvalue weighted by atomic mass is 16.3. The number of allylic oxidation sites excluding steroid dienone is 1. The molecule has 0 saturated heterocycles. The largest absolute Gasteiger partial charge is 0.456 e. The zero-order valence-electron chi connectivity index (χ0n) is 31.4. The van der Waals surface area contributed by atoms with Gasteiger partial charge in [-0.15, -0.1) is 0 Å². The van der Waals surface area contributed by atoms with Gasteiger partial charge in [-0.25, -0.2) is 0 Å². The van der Waals surface area contributed by atoms with E-state index in [1.54, 1.807) is 0 Å². The van der Waals surface area contributed by atoms with Crippen LogP contribution in [0.25, 0.3) is 88.2 Å². The minimum atomic E-state index is 0.0324. The smallest absolute Gasteiger partial charge is 0.218 e. The third-order valence-corrected chi connectivity index (χ3v) is 13.0. The van der Waals surface area contributed by atoms with Gasteiger partial charge in [0, 0.05) is 68.1 Å². The fourth-order valence-electron chi connectivity index (χ4n) is 10.4. The van der Waals surface area contributed by atoms with Crippen LogP contribution in [0.4, 0.5) is 0 Å². The first-order valence-electron chi connectivity index (χ1n) is 19.7. The fourth-order valence-corrected chi connectivity index (χ4v) is 10.4. The van der Waals surface area contributed by atoms with Crippen LogP contribution in [-0.4, -0.2) is 4.40 Å². The van der Waals surface area contributed by atoms with Gasteiger partial charge in [-0.3, -0.25) is 0 Å². The maximum atomic E-state index is 6.75. The van der Waals surface area contributed by atoms with Crippen molar-refractivity contribution in [2.45, 2.75) is 57.4 Å². The lowest BCUT2D eigenvalue weighted by molar-refractivity contribution is -0.720. The maximum absolute atomic E-state index is 6.75. The highest BCUT2D eigenvalue weighted by molar-refractivity contribution is 6.34. The van der Waals surface area contributed by atoms with Crippen molar-refractivity contribution >= 4 is 65.7 Å². The third kappa shape index (κ3) is 4.23. The van der Waals surface area contributed by atoms with Crippen LogP contribution in [0.15, 0.2) is 145 Å². The second kappa shape index (κ2) is 10.9. The zero-order valence-corrected chi connectivity index (χ0v) is 31.4. The van der Waals surface area contributed by atoms with E-state index < -0.39 is 0 Å². The van der Waals surface area contributed by atoms with Crippen LogP contribution in [0.3, 0.4) is 0 Å². The summed E-state index contributed by atoms with van der Waals surface area (Å²) in [4.78, 5) is 0. The summed E-state index contributed by atoms with van der Waals surface area (Å²) in [6, 6.07) is 45.6. The fraction of sp³-hybridized carbons (Fsp3) is 0.176. The zero-order chi connectivity index (χ0) is 36.7. The first kappa shape index (κ1) is 31.1. The van der Waals surface area contributed by atoms with Crippen LogP contribution in [0, 0.1) is 0 Å². The number of para-hydroxylation sites is 1. The summed E-state index contributed by atoms with van der Waals surface area (Å²) in [5.74, 6) is 0.342. The van der Waals surface area contributed by atoms with E-state index in [4.69, 9.17) is 11.0 Å². The Morgan fingerprint density at radius 2 is 1.47 bits per heavy atom. The van der Waals surface area contributed by atoms with Crippen molar-refractivity contribution in [2.24, 2.45) is 0 Å². The number of rotatable bonds is 0. The molecule has 0 N–H and O–H groups in total. The van der Waals surface area contributed by atoms with Gasteiger partial charge in [0.05, 0.1) is 28.5 Å². The molecule has 2 unspecified atom stereocenters. The van der Waals surface area contributed by atoms with Crippen LogP contribution >= 0.6 is 0 Å². The Kier molecular flexibility index (Phi) is 6.18. The van der Waals surface area contributed by atoms with E-state index in [1.165, 1.54) is 88.1 Å². The van der Waals surface area contributed by atoms with Gasteiger partial charge in [-0.1, -0.05) is 63.2 Å². The Morgan fingerprint density at radius 3 is 2.36 bits per heavy atom. The Balaban J connectivity index is 1.15. The third-order valence-electron chi connectivity index (χ3n) is 13.0. The van der Waals surface area contributed by atoms with Crippen LogP contribution in [0.1, 0.15) is 62.3 Å². The second-order valence-corrected chi connectivity index (χ2v) is 17.0. The molecule has 0 fully saturated rings. The highest BCUT2D eigenvalue weighted by Crippen LogP contribution is 2.49. The topological polar surface area (TPSA) is 25.3 Å². The lowest BCUT2D eigenvalue weighted by Crippen LogP contribution is -2.49. The Morgan fingerprint density at radius 1 is 0.673 bits per heavy atom. The van der Waals surface area contributed by atoms with Crippen molar-refractivity contribution in [1.82, 2.24) is 4.40 Å². The Labute approximate surface area is 319 Å². The number of hydrogen-bond donors (Lipinski definition) is 0. The minimum absolute atomic E-state index is 0.0324. The molecule has 2 aliphatic rings. The van der Waals surface area contributed by atoms with Crippen molar-refractivity contribution in [3.8, 4) is 22.5 Å². The van der Waals surface area contributed by atoms with Crippen molar-refractivity contribution in [3.05, 3.63) is 157 Å². The molecule has 5 aromatic carbocycles. The number of fused-ring (bicyclic) bond motifs is 19. The summed E-state index contributed by atoms with van der Waals surface area (Å²) in [5.41, 5.74) is 16.0. The molecular formula is C51H41N3O+2. The van der Waals surface area contributed by atoms with E-state index in [1.807, 2.05) is 0 Å². The Hall–Kier alpha value is -6.26. The Bertz CT molecular complexity index is 3260. The molecule has 0 radical (unpaired) electrons. The van der Waals surface area contributed by atoms with Crippen LogP contribution < -0.4 is 9.13 Å². The normalized spacial score (nSPS) is 17.2. The van der Waals surface area contributed by atoms with Crippen LogP contribution in [-0.2, 0) is 11.8 Å². The predicted octanol–water partition coefficient (Wildman–Crippen LogP) is 12.1. The monoisotopic (exact) mass is 711 g/mol.